The molecular formula is C15H15ClO5. The van der Waals surface area contributed by atoms with Crippen molar-refractivity contribution in [2.45, 2.75) is 25.6 Å². The minimum Gasteiger partial charge on any atom is -0.457 e. The molecule has 0 aliphatic heterocycles. The van der Waals surface area contributed by atoms with Gasteiger partial charge in [0.2, 0.25) is 0 Å². The van der Waals surface area contributed by atoms with E-state index in [4.69, 9.17) is 16.3 Å². The molecule has 112 valence electrons. The van der Waals surface area contributed by atoms with Crippen molar-refractivity contribution >= 4 is 34.9 Å². The highest BCUT2D eigenvalue weighted by Crippen LogP contribution is 2.19. The number of alkyl halides is 1. The Bertz CT molecular complexity index is 575. The first-order chi connectivity index (χ1) is 9.68. The van der Waals surface area contributed by atoms with Gasteiger partial charge in [0.05, 0.1) is 0 Å². The highest BCUT2D eigenvalue weighted by molar-refractivity contribution is 6.47. The highest BCUT2D eigenvalue weighted by Gasteiger charge is 2.40. The molecule has 21 heavy (non-hydrogen) atoms. The zero-order valence-corrected chi connectivity index (χ0v) is 12.7. The second kappa shape index (κ2) is 6.63. The molecule has 0 aliphatic rings. The molecule has 0 spiro atoms. The Morgan fingerprint density at radius 1 is 1.05 bits per heavy atom. The van der Waals surface area contributed by atoms with E-state index in [1.165, 1.54) is 12.1 Å². The van der Waals surface area contributed by atoms with E-state index in [-0.39, 0.29) is 5.56 Å². The van der Waals surface area contributed by atoms with Crippen LogP contribution in [0, 0.1) is 6.92 Å². The average molecular weight is 311 g/mol. The van der Waals surface area contributed by atoms with Crippen molar-refractivity contribution in [3.05, 3.63) is 35.4 Å². The van der Waals surface area contributed by atoms with E-state index >= 15 is 0 Å². The van der Waals surface area contributed by atoms with E-state index in [1.807, 2.05) is 6.92 Å². The second-order valence-corrected chi connectivity index (χ2v) is 5.33. The lowest BCUT2D eigenvalue weighted by Gasteiger charge is -2.20. The third kappa shape index (κ3) is 3.98. The molecule has 0 heterocycles. The molecule has 0 radical (unpaired) electrons. The van der Waals surface area contributed by atoms with Crippen LogP contribution in [0.25, 0.3) is 0 Å². The fourth-order valence-electron chi connectivity index (χ4n) is 1.50. The third-order valence-corrected chi connectivity index (χ3v) is 3.66. The van der Waals surface area contributed by atoms with Crippen molar-refractivity contribution in [3.8, 4) is 0 Å². The van der Waals surface area contributed by atoms with Crippen LogP contribution in [0.15, 0.2) is 24.3 Å². The summed E-state index contributed by atoms with van der Waals surface area (Å²) in [5, 5.41) is 0. The number of hydrogen-bond donors (Lipinski definition) is 0. The predicted octanol–water partition coefficient (Wildman–Crippen LogP) is 1.88. The van der Waals surface area contributed by atoms with Crippen LogP contribution in [0.5, 0.6) is 0 Å². The number of benzene rings is 1. The maximum Gasteiger partial charge on any atom is 0.379 e. The Labute approximate surface area is 127 Å². The Morgan fingerprint density at radius 2 is 1.52 bits per heavy atom. The molecule has 5 nitrogen and oxygen atoms in total. The van der Waals surface area contributed by atoms with E-state index in [9.17, 15) is 19.2 Å². The second-order valence-electron chi connectivity index (χ2n) is 4.68. The molecule has 1 aromatic carbocycles. The van der Waals surface area contributed by atoms with Crippen molar-refractivity contribution in [1.82, 2.24) is 0 Å². The highest BCUT2D eigenvalue weighted by atomic mass is 35.5. The van der Waals surface area contributed by atoms with Gasteiger partial charge in [-0.05, 0) is 20.8 Å². The number of hydrogen-bond acceptors (Lipinski definition) is 5. The number of carbonyl (C=O) groups is 4. The summed E-state index contributed by atoms with van der Waals surface area (Å²) < 4.78 is 4.71. The van der Waals surface area contributed by atoms with Gasteiger partial charge in [0.15, 0.2) is 16.4 Å². The summed E-state index contributed by atoms with van der Waals surface area (Å²) in [4.78, 5) is 44.3. The number of Topliss-reactive ketones (excluding diaryl/α,β-unsaturated/α-hetero) is 3. The van der Waals surface area contributed by atoms with Crippen molar-refractivity contribution in [1.29, 1.82) is 0 Å². The van der Waals surface area contributed by atoms with E-state index in [0.717, 1.165) is 19.4 Å². The van der Waals surface area contributed by atoms with Gasteiger partial charge in [-0.1, -0.05) is 41.4 Å². The standard InChI is InChI=1S/C15H15ClO5/c1-9-4-6-12(7-5-9)13(19)14(20)21-8-15(16,10(2)17)11(3)18/h4-7H,8H2,1-3H3. The topological polar surface area (TPSA) is 77.5 Å². The summed E-state index contributed by atoms with van der Waals surface area (Å²) in [6, 6.07) is 6.33. The van der Waals surface area contributed by atoms with Gasteiger partial charge in [-0.3, -0.25) is 14.4 Å². The summed E-state index contributed by atoms with van der Waals surface area (Å²) in [5.74, 6) is -3.31. The molecule has 0 aliphatic carbocycles. The largest absolute Gasteiger partial charge is 0.457 e. The van der Waals surface area contributed by atoms with Crippen LogP contribution in [0.2, 0.25) is 0 Å². The van der Waals surface area contributed by atoms with Crippen LogP contribution in [0.1, 0.15) is 29.8 Å². The van der Waals surface area contributed by atoms with Gasteiger partial charge >= 0.3 is 5.97 Å². The van der Waals surface area contributed by atoms with Crippen LogP contribution < -0.4 is 0 Å². The maximum atomic E-state index is 11.8. The smallest absolute Gasteiger partial charge is 0.379 e. The fourth-order valence-corrected chi connectivity index (χ4v) is 1.56. The third-order valence-electron chi connectivity index (χ3n) is 3.02. The average Bonchev–Trinajstić information content (AvgIpc) is 2.43. The van der Waals surface area contributed by atoms with Gasteiger partial charge in [-0.25, -0.2) is 4.79 Å². The van der Waals surface area contributed by atoms with Crippen LogP contribution >= 0.6 is 11.6 Å². The summed E-state index contributed by atoms with van der Waals surface area (Å²) in [5.41, 5.74) is 1.10. The minimum absolute atomic E-state index is 0.163. The minimum atomic E-state index is -1.94. The number of ether oxygens (including phenoxy) is 1. The van der Waals surface area contributed by atoms with Gasteiger partial charge in [0, 0.05) is 5.56 Å². The number of esters is 1. The molecule has 0 amide bonds. The van der Waals surface area contributed by atoms with Crippen molar-refractivity contribution in [2.24, 2.45) is 0 Å². The maximum absolute atomic E-state index is 11.8. The van der Waals surface area contributed by atoms with Gasteiger partial charge in [-0.2, -0.15) is 0 Å². The van der Waals surface area contributed by atoms with Crippen molar-refractivity contribution < 1.29 is 23.9 Å². The van der Waals surface area contributed by atoms with Crippen LogP contribution in [0.3, 0.4) is 0 Å². The molecule has 0 N–H and O–H groups in total. The SMILES string of the molecule is CC(=O)C(Cl)(COC(=O)C(=O)c1ccc(C)cc1)C(C)=O. The monoisotopic (exact) mass is 310 g/mol. The lowest BCUT2D eigenvalue weighted by molar-refractivity contribution is -0.142. The zero-order valence-electron chi connectivity index (χ0n) is 11.9. The summed E-state index contributed by atoms with van der Waals surface area (Å²) in [6.45, 7) is 3.40. The zero-order chi connectivity index (χ0) is 16.2. The van der Waals surface area contributed by atoms with E-state index in [2.05, 4.69) is 0 Å². The number of aryl methyl sites for hydroxylation is 1. The van der Waals surface area contributed by atoms with Crippen LogP contribution in [-0.2, 0) is 19.1 Å². The summed E-state index contributed by atoms with van der Waals surface area (Å²) >= 11 is 5.84. The van der Waals surface area contributed by atoms with Crippen LogP contribution in [-0.4, -0.2) is 34.8 Å². The fraction of sp³-hybridized carbons (Fsp3) is 0.333. The normalized spacial score (nSPS) is 10.9. The Hall–Kier alpha value is -2.01. The molecule has 0 fully saturated rings. The van der Waals surface area contributed by atoms with Crippen molar-refractivity contribution in [2.75, 3.05) is 6.61 Å². The quantitative estimate of drug-likeness (QED) is 0.263. The molecule has 0 unspecified atom stereocenters. The molecule has 0 saturated heterocycles. The molecule has 0 bridgehead atoms. The summed E-state index contributed by atoms with van der Waals surface area (Å²) in [6.07, 6.45) is 0. The number of rotatable bonds is 6. The van der Waals surface area contributed by atoms with Crippen LogP contribution in [0.4, 0.5) is 0 Å². The number of ketones is 3. The molecule has 1 aromatic rings. The Balaban J connectivity index is 2.77. The van der Waals surface area contributed by atoms with E-state index < -0.39 is 34.8 Å². The molecule has 6 heteroatoms. The Kier molecular flexibility index (Phi) is 5.38. The van der Waals surface area contributed by atoms with Gasteiger partial charge in [0.1, 0.15) is 6.61 Å². The molecule has 1 rings (SSSR count). The van der Waals surface area contributed by atoms with Gasteiger partial charge in [-0.15, -0.1) is 0 Å². The van der Waals surface area contributed by atoms with E-state index in [1.54, 1.807) is 12.1 Å². The van der Waals surface area contributed by atoms with Gasteiger partial charge < -0.3 is 4.74 Å². The Morgan fingerprint density at radius 3 is 1.95 bits per heavy atom. The molecule has 0 saturated carbocycles. The first-order valence-electron chi connectivity index (χ1n) is 6.17. The van der Waals surface area contributed by atoms with E-state index in [0.29, 0.717) is 0 Å². The number of carbonyl (C=O) groups excluding carboxylic acids is 4. The number of halogens is 1. The predicted molar refractivity (Wildman–Crippen MR) is 76.4 cm³/mol. The molecule has 0 aromatic heterocycles. The lowest BCUT2D eigenvalue weighted by atomic mass is 10.0. The molecular weight excluding hydrogens is 296 g/mol. The lowest BCUT2D eigenvalue weighted by Crippen LogP contribution is -2.44. The van der Waals surface area contributed by atoms with Crippen molar-refractivity contribution in [3.63, 3.8) is 0 Å². The summed E-state index contributed by atoms with van der Waals surface area (Å²) in [7, 11) is 0. The van der Waals surface area contributed by atoms with Gasteiger partial charge in [0.25, 0.3) is 5.78 Å². The first kappa shape index (κ1) is 17.0. The first-order valence-corrected chi connectivity index (χ1v) is 6.55. The molecule has 0 atom stereocenters.